The maximum Gasteiger partial charge on any atom is 0.339 e. The number of halogens is 1. The topological polar surface area (TPSA) is 54.9 Å². The van der Waals surface area contributed by atoms with Crippen LogP contribution in [-0.4, -0.2) is 18.2 Å². The minimum atomic E-state index is -0.251. The molecule has 5 heteroatoms. The summed E-state index contributed by atoms with van der Waals surface area (Å²) in [7, 11) is 0. The minimum absolute atomic E-state index is 0.0645. The highest BCUT2D eigenvalue weighted by molar-refractivity contribution is 6.33. The van der Waals surface area contributed by atoms with Crippen molar-refractivity contribution in [2.75, 3.05) is 13.1 Å². The summed E-state index contributed by atoms with van der Waals surface area (Å²) in [6.07, 6.45) is 5.04. The Hall–Kier alpha value is -1.52. The number of hydrogen-bond acceptors (Lipinski definition) is 3. The molecule has 2 aromatic rings. The van der Waals surface area contributed by atoms with Crippen LogP contribution in [0.1, 0.15) is 36.0 Å². The van der Waals surface area contributed by atoms with Crippen LogP contribution in [0, 0.1) is 0 Å². The van der Waals surface area contributed by atoms with E-state index in [-0.39, 0.29) is 11.4 Å². The molecule has 2 N–H and O–H groups in total. The van der Waals surface area contributed by atoms with Gasteiger partial charge in [0.15, 0.2) is 5.58 Å². The summed E-state index contributed by atoms with van der Waals surface area (Å²) in [6.45, 7) is 2.83. The Morgan fingerprint density at radius 2 is 1.91 bits per heavy atom. The molecule has 0 unspecified atom stereocenters. The van der Waals surface area contributed by atoms with Gasteiger partial charge in [-0.2, -0.15) is 0 Å². The molecule has 4 rings (SSSR count). The van der Waals surface area contributed by atoms with Gasteiger partial charge in [0.25, 0.3) is 0 Å². The second-order valence-electron chi connectivity index (χ2n) is 6.40. The second-order valence-corrected chi connectivity index (χ2v) is 6.80. The molecule has 1 aliphatic carbocycles. The number of aromatic hydroxyl groups is 1. The van der Waals surface area contributed by atoms with Crippen LogP contribution in [0.4, 0.5) is 0 Å². The Labute approximate surface area is 133 Å². The van der Waals surface area contributed by atoms with Gasteiger partial charge in [0, 0.05) is 23.8 Å². The predicted octanol–water partition coefficient (Wildman–Crippen LogP) is 1.82. The van der Waals surface area contributed by atoms with Gasteiger partial charge in [-0.1, -0.05) is 11.6 Å². The summed E-state index contributed by atoms with van der Waals surface area (Å²) in [5.74, 6) is 0.0645. The Morgan fingerprint density at radius 1 is 1.18 bits per heavy atom. The highest BCUT2D eigenvalue weighted by Gasteiger charge is 2.26. The molecule has 1 aromatic carbocycles. The smallest absolute Gasteiger partial charge is 0.339 e. The first kappa shape index (κ1) is 14.1. The van der Waals surface area contributed by atoms with Crippen LogP contribution in [0.5, 0.6) is 5.75 Å². The number of aryl methyl sites for hydroxylation is 1. The first-order valence-corrected chi connectivity index (χ1v) is 8.35. The van der Waals surface area contributed by atoms with Gasteiger partial charge in [0.05, 0.1) is 23.7 Å². The SMILES string of the molecule is O=c1oc2c(C[NH+]3CCCC3)c(O)c(Cl)cc2c2c1CCC2. The van der Waals surface area contributed by atoms with Crippen molar-refractivity contribution in [1.82, 2.24) is 0 Å². The average Bonchev–Trinajstić information content (AvgIpc) is 3.16. The molecule has 116 valence electrons. The molecule has 0 atom stereocenters. The fourth-order valence-electron chi connectivity index (χ4n) is 3.90. The largest absolute Gasteiger partial charge is 0.506 e. The van der Waals surface area contributed by atoms with E-state index in [0.29, 0.717) is 22.7 Å². The standard InChI is InChI=1S/C17H18ClNO3/c18-14-8-12-10-4-3-5-11(10)17(21)22-16(12)13(15(14)20)9-19-6-1-2-7-19/h8,20H,1-7,9H2/p+1. The van der Waals surface area contributed by atoms with Gasteiger partial charge in [0.2, 0.25) is 0 Å². The molecule has 1 aliphatic heterocycles. The molecule has 1 aromatic heterocycles. The Balaban J connectivity index is 1.95. The zero-order valence-corrected chi connectivity index (χ0v) is 13.1. The molecule has 2 heterocycles. The van der Waals surface area contributed by atoms with Gasteiger partial charge in [-0.15, -0.1) is 0 Å². The minimum Gasteiger partial charge on any atom is -0.506 e. The van der Waals surface area contributed by atoms with Gasteiger partial charge in [-0.05, 0) is 30.9 Å². The van der Waals surface area contributed by atoms with Crippen molar-refractivity contribution in [3.8, 4) is 5.75 Å². The highest BCUT2D eigenvalue weighted by Crippen LogP contribution is 2.37. The van der Waals surface area contributed by atoms with Crippen molar-refractivity contribution in [3.05, 3.63) is 38.2 Å². The maximum atomic E-state index is 12.2. The summed E-state index contributed by atoms with van der Waals surface area (Å²) in [5, 5.41) is 11.6. The van der Waals surface area contributed by atoms with Gasteiger partial charge in [0.1, 0.15) is 12.3 Å². The summed E-state index contributed by atoms with van der Waals surface area (Å²) >= 11 is 6.24. The van der Waals surface area contributed by atoms with Gasteiger partial charge >= 0.3 is 5.63 Å². The fourth-order valence-corrected chi connectivity index (χ4v) is 4.13. The van der Waals surface area contributed by atoms with E-state index in [2.05, 4.69) is 0 Å². The lowest BCUT2D eigenvalue weighted by molar-refractivity contribution is -0.901. The molecule has 0 saturated carbocycles. The third-order valence-electron chi connectivity index (χ3n) is 5.02. The molecule has 0 bridgehead atoms. The zero-order valence-electron chi connectivity index (χ0n) is 12.4. The monoisotopic (exact) mass is 320 g/mol. The second kappa shape index (κ2) is 5.28. The number of fused-ring (bicyclic) bond motifs is 3. The molecule has 0 spiro atoms. The van der Waals surface area contributed by atoms with Gasteiger partial charge in [-0.3, -0.25) is 0 Å². The van der Waals surface area contributed by atoms with E-state index in [1.165, 1.54) is 17.7 Å². The van der Waals surface area contributed by atoms with Crippen molar-refractivity contribution in [3.63, 3.8) is 0 Å². The molecular formula is C17H19ClNO3+. The number of phenolic OH excluding ortho intramolecular Hbond substituents is 1. The molecule has 4 nitrogen and oxygen atoms in total. The Kier molecular flexibility index (Phi) is 3.39. The van der Waals surface area contributed by atoms with Crippen LogP contribution < -0.4 is 10.5 Å². The van der Waals surface area contributed by atoms with Crippen molar-refractivity contribution in [2.45, 2.75) is 38.6 Å². The number of rotatable bonds is 2. The average molecular weight is 321 g/mol. The lowest BCUT2D eigenvalue weighted by Gasteiger charge is -2.16. The van der Waals surface area contributed by atoms with E-state index in [9.17, 15) is 9.90 Å². The van der Waals surface area contributed by atoms with Crippen LogP contribution >= 0.6 is 11.6 Å². The summed E-state index contributed by atoms with van der Waals surface area (Å²) in [5.41, 5.74) is 2.82. The quantitative estimate of drug-likeness (QED) is 0.830. The fraction of sp³-hybridized carbons (Fsp3) is 0.471. The first-order valence-electron chi connectivity index (χ1n) is 7.97. The van der Waals surface area contributed by atoms with Gasteiger partial charge in [-0.25, -0.2) is 4.79 Å². The number of benzene rings is 1. The van der Waals surface area contributed by atoms with Crippen LogP contribution in [-0.2, 0) is 19.4 Å². The maximum absolute atomic E-state index is 12.2. The van der Waals surface area contributed by atoms with E-state index < -0.39 is 0 Å². The third kappa shape index (κ3) is 2.13. The van der Waals surface area contributed by atoms with Crippen molar-refractivity contribution >= 4 is 22.6 Å². The lowest BCUT2D eigenvalue weighted by atomic mass is 10.0. The van der Waals surface area contributed by atoms with E-state index >= 15 is 0 Å². The summed E-state index contributed by atoms with van der Waals surface area (Å²) in [4.78, 5) is 13.6. The number of nitrogens with one attached hydrogen (secondary N) is 1. The number of hydrogen-bond donors (Lipinski definition) is 2. The Bertz CT molecular complexity index is 806. The van der Waals surface area contributed by atoms with Crippen LogP contribution in [0.2, 0.25) is 5.02 Å². The molecule has 0 amide bonds. The van der Waals surface area contributed by atoms with Crippen molar-refractivity contribution in [1.29, 1.82) is 0 Å². The van der Waals surface area contributed by atoms with E-state index in [0.717, 1.165) is 48.9 Å². The lowest BCUT2D eigenvalue weighted by Crippen LogP contribution is -3.08. The molecule has 22 heavy (non-hydrogen) atoms. The molecule has 1 saturated heterocycles. The van der Waals surface area contributed by atoms with Crippen LogP contribution in [0.15, 0.2) is 15.3 Å². The highest BCUT2D eigenvalue weighted by atomic mass is 35.5. The van der Waals surface area contributed by atoms with Crippen LogP contribution in [0.3, 0.4) is 0 Å². The summed E-state index contributed by atoms with van der Waals surface area (Å²) in [6, 6.07) is 1.75. The molecule has 0 radical (unpaired) electrons. The van der Waals surface area contributed by atoms with Crippen molar-refractivity contribution < 1.29 is 14.4 Å². The number of phenols is 1. The van der Waals surface area contributed by atoms with Gasteiger partial charge < -0.3 is 14.4 Å². The van der Waals surface area contributed by atoms with E-state index in [1.807, 2.05) is 0 Å². The Morgan fingerprint density at radius 3 is 2.68 bits per heavy atom. The first-order chi connectivity index (χ1) is 10.6. The van der Waals surface area contributed by atoms with E-state index in [1.54, 1.807) is 6.07 Å². The number of likely N-dealkylation sites (tertiary alicyclic amines) is 1. The molecule has 2 aliphatic rings. The van der Waals surface area contributed by atoms with Crippen molar-refractivity contribution in [2.24, 2.45) is 0 Å². The molecular weight excluding hydrogens is 302 g/mol. The summed E-state index contributed by atoms with van der Waals surface area (Å²) < 4.78 is 5.59. The zero-order chi connectivity index (χ0) is 15.3. The van der Waals surface area contributed by atoms with Crippen LogP contribution in [0.25, 0.3) is 11.0 Å². The predicted molar refractivity (Wildman–Crippen MR) is 84.8 cm³/mol. The number of quaternary nitrogens is 1. The van der Waals surface area contributed by atoms with E-state index in [4.69, 9.17) is 16.0 Å². The molecule has 1 fully saturated rings. The normalized spacial score (nSPS) is 18.2. The third-order valence-corrected chi connectivity index (χ3v) is 5.31.